The van der Waals surface area contributed by atoms with Crippen molar-refractivity contribution in [3.8, 4) is 5.75 Å². The van der Waals surface area contributed by atoms with E-state index in [0.29, 0.717) is 13.0 Å². The molecular formula is C21H22N2O4. The highest BCUT2D eigenvalue weighted by Gasteiger charge is 2.11. The summed E-state index contributed by atoms with van der Waals surface area (Å²) in [6.45, 7) is 0.159. The molecule has 0 fully saturated rings. The van der Waals surface area contributed by atoms with Crippen molar-refractivity contribution >= 4 is 22.8 Å². The van der Waals surface area contributed by atoms with Crippen LogP contribution >= 0.6 is 0 Å². The number of hydrogen-bond donors (Lipinski definition) is 2. The molecule has 1 aromatic heterocycles. The summed E-state index contributed by atoms with van der Waals surface area (Å²) < 4.78 is 10.4. The van der Waals surface area contributed by atoms with Crippen LogP contribution in [0.3, 0.4) is 0 Å². The Hall–Kier alpha value is -3.28. The highest BCUT2D eigenvalue weighted by molar-refractivity contribution is 5.88. The molecule has 140 valence electrons. The number of rotatable bonds is 8. The van der Waals surface area contributed by atoms with Gasteiger partial charge in [0, 0.05) is 23.6 Å². The number of aromatic amines is 1. The summed E-state index contributed by atoms with van der Waals surface area (Å²) in [7, 11) is 1.62. The lowest BCUT2D eigenvalue weighted by molar-refractivity contribution is -0.147. The number of fused-ring (bicyclic) bond motifs is 1. The highest BCUT2D eigenvalue weighted by Crippen LogP contribution is 2.18. The van der Waals surface area contributed by atoms with Crippen molar-refractivity contribution < 1.29 is 19.1 Å². The molecule has 0 saturated carbocycles. The largest absolute Gasteiger partial charge is 0.496 e. The number of para-hydroxylation sites is 2. The highest BCUT2D eigenvalue weighted by atomic mass is 16.5. The lowest BCUT2D eigenvalue weighted by Gasteiger charge is -2.09. The van der Waals surface area contributed by atoms with Crippen LogP contribution in [0.25, 0.3) is 10.9 Å². The van der Waals surface area contributed by atoms with Crippen molar-refractivity contribution in [3.63, 3.8) is 0 Å². The van der Waals surface area contributed by atoms with Gasteiger partial charge in [-0.15, -0.1) is 0 Å². The summed E-state index contributed by atoms with van der Waals surface area (Å²) in [5.41, 5.74) is 2.83. The number of benzene rings is 2. The summed E-state index contributed by atoms with van der Waals surface area (Å²) >= 11 is 0. The molecule has 0 unspecified atom stereocenters. The summed E-state index contributed by atoms with van der Waals surface area (Å²) in [5, 5.41) is 3.73. The zero-order valence-electron chi connectivity index (χ0n) is 15.2. The average Bonchev–Trinajstić information content (AvgIpc) is 3.10. The number of H-pyrrole nitrogens is 1. The molecule has 0 aliphatic rings. The SMILES string of the molecule is COc1ccccc1CCNC(=O)COC(=O)Cc1c[nH]c2ccccc12. The molecule has 0 aliphatic heterocycles. The van der Waals surface area contributed by atoms with Gasteiger partial charge in [-0.25, -0.2) is 0 Å². The van der Waals surface area contributed by atoms with Crippen LogP contribution in [0, 0.1) is 0 Å². The molecule has 3 rings (SSSR count). The second-order valence-electron chi connectivity index (χ2n) is 6.11. The van der Waals surface area contributed by atoms with Crippen LogP contribution in [-0.4, -0.2) is 37.1 Å². The maximum atomic E-state index is 12.0. The molecule has 0 atom stereocenters. The Labute approximate surface area is 157 Å². The van der Waals surface area contributed by atoms with Gasteiger partial charge in [0.15, 0.2) is 6.61 Å². The van der Waals surface area contributed by atoms with Crippen molar-refractivity contribution in [3.05, 3.63) is 65.9 Å². The Kier molecular flexibility index (Phi) is 6.10. The maximum absolute atomic E-state index is 12.0. The van der Waals surface area contributed by atoms with E-state index in [2.05, 4.69) is 10.3 Å². The maximum Gasteiger partial charge on any atom is 0.310 e. The zero-order chi connectivity index (χ0) is 19.1. The van der Waals surface area contributed by atoms with E-state index in [0.717, 1.165) is 27.8 Å². The van der Waals surface area contributed by atoms with E-state index < -0.39 is 5.97 Å². The van der Waals surface area contributed by atoms with Gasteiger partial charge in [0.05, 0.1) is 13.5 Å². The third kappa shape index (κ3) is 4.88. The van der Waals surface area contributed by atoms with Crippen LogP contribution < -0.4 is 10.1 Å². The second kappa shape index (κ2) is 8.89. The van der Waals surface area contributed by atoms with E-state index in [-0.39, 0.29) is 18.9 Å². The van der Waals surface area contributed by atoms with Gasteiger partial charge in [0.2, 0.25) is 0 Å². The second-order valence-corrected chi connectivity index (χ2v) is 6.11. The molecular weight excluding hydrogens is 344 g/mol. The van der Waals surface area contributed by atoms with Gasteiger partial charge in [0.1, 0.15) is 5.75 Å². The van der Waals surface area contributed by atoms with Gasteiger partial charge < -0.3 is 19.8 Å². The Morgan fingerprint density at radius 2 is 1.81 bits per heavy atom. The minimum atomic E-state index is -0.431. The molecule has 1 heterocycles. The molecule has 27 heavy (non-hydrogen) atoms. The number of hydrogen-bond acceptors (Lipinski definition) is 4. The van der Waals surface area contributed by atoms with Crippen molar-refractivity contribution in [2.45, 2.75) is 12.8 Å². The van der Waals surface area contributed by atoms with Crippen molar-refractivity contribution in [1.29, 1.82) is 0 Å². The monoisotopic (exact) mass is 366 g/mol. The minimum absolute atomic E-state index is 0.124. The molecule has 0 bridgehead atoms. The number of methoxy groups -OCH3 is 1. The quantitative estimate of drug-likeness (QED) is 0.601. The first-order chi connectivity index (χ1) is 13.2. The number of esters is 1. The zero-order valence-corrected chi connectivity index (χ0v) is 15.2. The van der Waals surface area contributed by atoms with Crippen LogP contribution in [0.5, 0.6) is 5.75 Å². The Morgan fingerprint density at radius 3 is 2.67 bits per heavy atom. The lowest BCUT2D eigenvalue weighted by Crippen LogP contribution is -2.30. The van der Waals surface area contributed by atoms with E-state index in [1.54, 1.807) is 13.3 Å². The van der Waals surface area contributed by atoms with Crippen molar-refractivity contribution in [2.75, 3.05) is 20.3 Å². The molecule has 2 aromatic carbocycles. The molecule has 0 aliphatic carbocycles. The fourth-order valence-corrected chi connectivity index (χ4v) is 2.93. The molecule has 0 saturated heterocycles. The summed E-state index contributed by atoms with van der Waals surface area (Å²) in [5.74, 6) is 0.0358. The van der Waals surface area contributed by atoms with Gasteiger partial charge in [-0.3, -0.25) is 9.59 Å². The Balaban J connectivity index is 1.41. The smallest absolute Gasteiger partial charge is 0.310 e. The van der Waals surface area contributed by atoms with Gasteiger partial charge >= 0.3 is 5.97 Å². The molecule has 1 amide bonds. The van der Waals surface area contributed by atoms with Gasteiger partial charge in [-0.1, -0.05) is 36.4 Å². The number of amides is 1. The van der Waals surface area contributed by atoms with E-state index in [4.69, 9.17) is 9.47 Å². The summed E-state index contributed by atoms with van der Waals surface area (Å²) in [6.07, 6.45) is 2.55. The first-order valence-corrected chi connectivity index (χ1v) is 8.76. The van der Waals surface area contributed by atoms with Crippen LogP contribution in [-0.2, 0) is 27.2 Å². The standard InChI is InChI=1S/C21H22N2O4/c1-26-19-9-5-2-6-15(19)10-11-22-20(24)14-27-21(25)12-16-13-23-18-8-4-3-7-17(16)18/h2-9,13,23H,10-12,14H2,1H3,(H,22,24). The molecule has 0 radical (unpaired) electrons. The van der Waals surface area contributed by atoms with Crippen molar-refractivity contribution in [1.82, 2.24) is 10.3 Å². The Morgan fingerprint density at radius 1 is 1.04 bits per heavy atom. The minimum Gasteiger partial charge on any atom is -0.496 e. The number of carbonyl (C=O) groups is 2. The van der Waals surface area contributed by atoms with Gasteiger partial charge in [-0.2, -0.15) is 0 Å². The normalized spacial score (nSPS) is 10.6. The summed E-state index contributed by atoms with van der Waals surface area (Å²) in [4.78, 5) is 27.0. The molecule has 3 aromatic rings. The summed E-state index contributed by atoms with van der Waals surface area (Å²) in [6, 6.07) is 15.4. The van der Waals surface area contributed by atoms with Gasteiger partial charge in [0.25, 0.3) is 5.91 Å². The predicted octanol–water partition coefficient (Wildman–Crippen LogP) is 2.62. The van der Waals surface area contributed by atoms with E-state index in [1.807, 2.05) is 48.5 Å². The fraction of sp³-hybridized carbons (Fsp3) is 0.238. The van der Waals surface area contributed by atoms with Crippen molar-refractivity contribution in [2.24, 2.45) is 0 Å². The third-order valence-electron chi connectivity index (χ3n) is 4.28. The van der Waals surface area contributed by atoms with Crippen LogP contribution in [0.1, 0.15) is 11.1 Å². The fourth-order valence-electron chi connectivity index (χ4n) is 2.93. The number of ether oxygens (including phenoxy) is 2. The number of carbonyl (C=O) groups excluding carboxylic acids is 2. The van der Waals surface area contributed by atoms with E-state index >= 15 is 0 Å². The third-order valence-corrected chi connectivity index (χ3v) is 4.28. The molecule has 0 spiro atoms. The number of nitrogens with one attached hydrogen (secondary N) is 2. The first-order valence-electron chi connectivity index (χ1n) is 8.76. The average molecular weight is 366 g/mol. The van der Waals surface area contributed by atoms with Gasteiger partial charge in [-0.05, 0) is 29.7 Å². The topological polar surface area (TPSA) is 80.4 Å². The molecule has 6 nitrogen and oxygen atoms in total. The van der Waals surface area contributed by atoms with E-state index in [1.165, 1.54) is 0 Å². The first kappa shape index (κ1) is 18.5. The Bertz CT molecular complexity index is 933. The lowest BCUT2D eigenvalue weighted by atomic mass is 10.1. The molecule has 2 N–H and O–H groups in total. The predicted molar refractivity (Wildman–Crippen MR) is 103 cm³/mol. The molecule has 6 heteroatoms. The number of aromatic nitrogens is 1. The van der Waals surface area contributed by atoms with E-state index in [9.17, 15) is 9.59 Å². The van der Waals surface area contributed by atoms with Crippen LogP contribution in [0.4, 0.5) is 0 Å². The van der Waals surface area contributed by atoms with Crippen LogP contribution in [0.2, 0.25) is 0 Å². The van der Waals surface area contributed by atoms with Crippen LogP contribution in [0.15, 0.2) is 54.7 Å².